The summed E-state index contributed by atoms with van der Waals surface area (Å²) in [5.41, 5.74) is 4.19. The first-order valence-corrected chi connectivity index (χ1v) is 10.1. The molecule has 3 aromatic rings. The van der Waals surface area contributed by atoms with Gasteiger partial charge in [0.15, 0.2) is 4.90 Å². The maximum absolute atomic E-state index is 10.7. The zero-order valence-electron chi connectivity index (χ0n) is 14.0. The largest absolute Gasteiger partial charge is 0.508 e. The van der Waals surface area contributed by atoms with Crippen molar-refractivity contribution in [3.05, 3.63) is 66.7 Å². The summed E-state index contributed by atoms with van der Waals surface area (Å²) in [5.74, 6) is 0.512. The Morgan fingerprint density at radius 1 is 0.571 bits per heavy atom. The maximum atomic E-state index is 9.87. The van der Waals surface area contributed by atoms with E-state index in [4.69, 9.17) is 0 Å². The molecule has 152 valence electrons. The van der Waals surface area contributed by atoms with Crippen LogP contribution in [-0.4, -0.2) is 10.2 Å². The van der Waals surface area contributed by atoms with Crippen LogP contribution in [0, 0.1) is 0 Å². The first-order chi connectivity index (χ1) is 12.6. The smallest absolute Gasteiger partial charge is 0.158 e. The molecule has 0 heterocycles. The van der Waals surface area contributed by atoms with Crippen molar-refractivity contribution < 1.29 is 35.4 Å². The minimum atomic E-state index is -10.7. The molecule has 0 saturated heterocycles. The standard InChI is InChI=1S/C18H14O2S.F6P/c19-15-6-1-12(2-7-15)14-5-10-18(21)17(11-14)13-3-8-16(20)9-4-13;1-7(2,3,4,5)6/h1-11,19-21H;/q;-1/p+1. The van der Waals surface area contributed by atoms with Crippen molar-refractivity contribution in [2.45, 2.75) is 4.90 Å². The van der Waals surface area contributed by atoms with Crippen molar-refractivity contribution in [2.75, 3.05) is 0 Å². The molecule has 0 amide bonds. The summed E-state index contributed by atoms with van der Waals surface area (Å²) >= 11 is 3.62. The Kier molecular flexibility index (Phi) is 5.40. The van der Waals surface area contributed by atoms with Crippen LogP contribution in [0.2, 0.25) is 0 Å². The van der Waals surface area contributed by atoms with E-state index >= 15 is 0 Å². The first-order valence-electron chi connectivity index (χ1n) is 7.59. The van der Waals surface area contributed by atoms with Gasteiger partial charge in [0.1, 0.15) is 11.5 Å². The van der Waals surface area contributed by atoms with Crippen LogP contribution >= 0.6 is 7.81 Å². The predicted octanol–water partition coefficient (Wildman–Crippen LogP) is 7.18. The second-order valence-corrected chi connectivity index (χ2v) is 8.27. The monoisotopic (exact) mass is 440 g/mol. The van der Waals surface area contributed by atoms with Crippen molar-refractivity contribution in [3.8, 4) is 33.8 Å². The summed E-state index contributed by atoms with van der Waals surface area (Å²) in [6.45, 7) is 0. The van der Waals surface area contributed by atoms with Gasteiger partial charge in [0.05, 0.1) is 0 Å². The molecule has 0 fully saturated rings. The van der Waals surface area contributed by atoms with Gasteiger partial charge in [-0.3, -0.25) is 0 Å². The van der Waals surface area contributed by atoms with E-state index < -0.39 is 7.81 Å². The van der Waals surface area contributed by atoms with E-state index in [0.29, 0.717) is 0 Å². The third-order valence-corrected chi connectivity index (χ3v) is 3.83. The second kappa shape index (κ2) is 6.90. The molecular formula is C18H15F6O2PS. The number of hydrogen-bond acceptors (Lipinski definition) is 2. The van der Waals surface area contributed by atoms with Crippen molar-refractivity contribution in [1.29, 1.82) is 0 Å². The molecular weight excluding hydrogens is 425 g/mol. The van der Waals surface area contributed by atoms with Crippen molar-refractivity contribution in [1.82, 2.24) is 0 Å². The normalized spacial score (nSPS) is 13.7. The SMILES string of the molecule is F[P-](F)(F)(F)(F)F.Oc1ccc(-c2ccc([SH2+])c(-c3ccc(O)cc3)c2)cc1. The third kappa shape index (κ3) is 8.10. The van der Waals surface area contributed by atoms with E-state index in [1.54, 1.807) is 24.3 Å². The van der Waals surface area contributed by atoms with Crippen LogP contribution in [-0.2, 0) is 12.6 Å². The molecule has 28 heavy (non-hydrogen) atoms. The molecule has 0 saturated carbocycles. The maximum Gasteiger partial charge on any atom is 0.158 e. The Balaban J connectivity index is 0.000000345. The molecule has 0 unspecified atom stereocenters. The zero-order valence-corrected chi connectivity index (χ0v) is 15.9. The number of benzene rings is 3. The molecule has 0 spiro atoms. The summed E-state index contributed by atoms with van der Waals surface area (Å²) in [6, 6.07) is 20.4. The average molecular weight is 440 g/mol. The van der Waals surface area contributed by atoms with Crippen molar-refractivity contribution >= 4 is 20.4 Å². The molecule has 0 atom stereocenters. The average Bonchev–Trinajstić information content (AvgIpc) is 2.54. The van der Waals surface area contributed by atoms with Crippen molar-refractivity contribution in [2.24, 2.45) is 0 Å². The van der Waals surface area contributed by atoms with E-state index in [0.717, 1.165) is 27.1 Å². The van der Waals surface area contributed by atoms with E-state index in [-0.39, 0.29) is 11.5 Å². The molecule has 0 aliphatic carbocycles. The minimum absolute atomic E-state index is 0.254. The Labute approximate surface area is 161 Å². The Morgan fingerprint density at radius 2 is 0.929 bits per heavy atom. The number of phenols is 2. The molecule has 2 N–H and O–H groups in total. The van der Waals surface area contributed by atoms with Crippen LogP contribution < -0.4 is 0 Å². The van der Waals surface area contributed by atoms with Crippen LogP contribution in [0.1, 0.15) is 0 Å². The zero-order chi connectivity index (χ0) is 21.2. The number of rotatable bonds is 2. The van der Waals surface area contributed by atoms with E-state index in [1.165, 1.54) is 0 Å². The summed E-state index contributed by atoms with van der Waals surface area (Å²) in [6.07, 6.45) is 0. The quantitative estimate of drug-likeness (QED) is 0.252. The summed E-state index contributed by atoms with van der Waals surface area (Å²) in [5, 5.41) is 18.8. The molecule has 2 nitrogen and oxygen atoms in total. The Morgan fingerprint density at radius 3 is 1.36 bits per heavy atom. The van der Waals surface area contributed by atoms with Gasteiger partial charge in [0.25, 0.3) is 0 Å². The van der Waals surface area contributed by atoms with Gasteiger partial charge in [-0.2, -0.15) is 0 Å². The molecule has 0 aliphatic heterocycles. The topological polar surface area (TPSA) is 40.5 Å². The van der Waals surface area contributed by atoms with E-state index in [2.05, 4.69) is 18.7 Å². The fourth-order valence-electron chi connectivity index (χ4n) is 2.26. The Hall–Kier alpha value is -2.38. The summed E-state index contributed by atoms with van der Waals surface area (Å²) in [4.78, 5) is 0.989. The summed E-state index contributed by atoms with van der Waals surface area (Å²) < 4.78 is 59.2. The third-order valence-electron chi connectivity index (χ3n) is 3.40. The molecule has 10 heteroatoms. The van der Waals surface area contributed by atoms with Gasteiger partial charge in [-0.15, -0.1) is 0 Å². The summed E-state index contributed by atoms with van der Waals surface area (Å²) in [7, 11) is -10.7. The molecule has 0 aliphatic rings. The van der Waals surface area contributed by atoms with Crippen LogP contribution in [0.4, 0.5) is 25.2 Å². The number of aromatic hydroxyl groups is 2. The molecule has 0 radical (unpaired) electrons. The van der Waals surface area contributed by atoms with Crippen LogP contribution in [0.3, 0.4) is 0 Å². The van der Waals surface area contributed by atoms with Gasteiger partial charge in [-0.1, -0.05) is 24.3 Å². The van der Waals surface area contributed by atoms with Crippen molar-refractivity contribution in [3.63, 3.8) is 0 Å². The van der Waals surface area contributed by atoms with Gasteiger partial charge in [0, 0.05) is 5.56 Å². The molecule has 3 aromatic carbocycles. The number of halogens is 6. The van der Waals surface area contributed by atoms with Gasteiger partial charge < -0.3 is 10.2 Å². The number of phenolic OH excluding ortho intramolecular Hbond substituents is 2. The van der Waals surface area contributed by atoms with E-state index in [1.807, 2.05) is 36.4 Å². The second-order valence-electron chi connectivity index (χ2n) is 5.81. The van der Waals surface area contributed by atoms with Gasteiger partial charge in [-0.25, -0.2) is 0 Å². The van der Waals surface area contributed by atoms with Gasteiger partial charge in [0.2, 0.25) is 0 Å². The predicted molar refractivity (Wildman–Crippen MR) is 103 cm³/mol. The van der Waals surface area contributed by atoms with Crippen LogP contribution in [0.15, 0.2) is 71.6 Å². The van der Waals surface area contributed by atoms with Crippen LogP contribution in [0.25, 0.3) is 22.3 Å². The Bertz CT molecular complexity index is 961. The molecule has 3 rings (SSSR count). The van der Waals surface area contributed by atoms with Crippen LogP contribution in [0.5, 0.6) is 11.5 Å². The van der Waals surface area contributed by atoms with Gasteiger partial charge >= 0.3 is 33.0 Å². The molecule has 0 aromatic heterocycles. The van der Waals surface area contributed by atoms with Gasteiger partial charge in [-0.05, 0) is 71.8 Å². The first kappa shape index (κ1) is 21.9. The minimum Gasteiger partial charge on any atom is -0.508 e. The number of hydrogen-bond donors (Lipinski definition) is 2. The van der Waals surface area contributed by atoms with E-state index in [9.17, 15) is 35.4 Å². The fourth-order valence-corrected chi connectivity index (χ4v) is 2.56. The molecule has 0 bridgehead atoms. The fraction of sp³-hybridized carbons (Fsp3) is 0.